The number of hydrogen-bond donors (Lipinski definition) is 1. The summed E-state index contributed by atoms with van der Waals surface area (Å²) < 4.78 is 16.3. The summed E-state index contributed by atoms with van der Waals surface area (Å²) >= 11 is 0. The second-order valence-electron chi connectivity index (χ2n) is 5.64. The zero-order chi connectivity index (χ0) is 14.5. The van der Waals surface area contributed by atoms with Gasteiger partial charge in [-0.05, 0) is 38.1 Å². The number of nitrogens with one attached hydrogen (secondary N) is 1. The van der Waals surface area contributed by atoms with Crippen LogP contribution >= 0.6 is 0 Å². The highest BCUT2D eigenvalue weighted by Crippen LogP contribution is 2.27. The van der Waals surface area contributed by atoms with E-state index in [1.807, 2.05) is 0 Å². The first-order valence-electron chi connectivity index (χ1n) is 8.26. The van der Waals surface area contributed by atoms with E-state index >= 15 is 0 Å². The molecule has 0 bridgehead atoms. The van der Waals surface area contributed by atoms with E-state index in [0.29, 0.717) is 19.3 Å². The van der Waals surface area contributed by atoms with E-state index in [4.69, 9.17) is 14.2 Å². The summed E-state index contributed by atoms with van der Waals surface area (Å²) in [4.78, 5) is 0. The summed E-state index contributed by atoms with van der Waals surface area (Å²) in [5.41, 5.74) is 0. The van der Waals surface area contributed by atoms with Crippen LogP contribution < -0.4 is 5.32 Å². The van der Waals surface area contributed by atoms with Gasteiger partial charge in [0.05, 0.1) is 19.8 Å². The van der Waals surface area contributed by atoms with Crippen molar-refractivity contribution >= 4 is 0 Å². The largest absolute Gasteiger partial charge is 0.385 e. The minimum absolute atomic E-state index is 0.533. The molecule has 0 heterocycles. The van der Waals surface area contributed by atoms with Crippen LogP contribution in [-0.2, 0) is 14.2 Å². The Kier molecular flexibility index (Phi) is 11.2. The molecule has 0 aliphatic heterocycles. The number of hydrogen-bond acceptors (Lipinski definition) is 4. The molecule has 0 aromatic rings. The van der Waals surface area contributed by atoms with Gasteiger partial charge in [0.2, 0.25) is 0 Å². The number of methoxy groups -OCH3 is 1. The predicted molar refractivity (Wildman–Crippen MR) is 82.2 cm³/mol. The van der Waals surface area contributed by atoms with Crippen LogP contribution in [0.1, 0.15) is 45.4 Å². The summed E-state index contributed by atoms with van der Waals surface area (Å²) in [5.74, 6) is 0.809. The van der Waals surface area contributed by atoms with E-state index in [0.717, 1.165) is 38.7 Å². The van der Waals surface area contributed by atoms with E-state index in [2.05, 4.69) is 12.2 Å². The van der Waals surface area contributed by atoms with Gasteiger partial charge in [-0.3, -0.25) is 0 Å². The highest BCUT2D eigenvalue weighted by atomic mass is 16.5. The van der Waals surface area contributed by atoms with Gasteiger partial charge in [-0.1, -0.05) is 19.8 Å². The van der Waals surface area contributed by atoms with Crippen molar-refractivity contribution in [3.63, 3.8) is 0 Å². The molecule has 0 radical (unpaired) electrons. The van der Waals surface area contributed by atoms with Crippen LogP contribution in [0.15, 0.2) is 0 Å². The fraction of sp³-hybridized carbons (Fsp3) is 1.00. The fourth-order valence-electron chi connectivity index (χ4n) is 2.79. The monoisotopic (exact) mass is 287 g/mol. The molecule has 0 aromatic heterocycles. The van der Waals surface area contributed by atoms with Crippen LogP contribution in [0.2, 0.25) is 0 Å². The van der Waals surface area contributed by atoms with E-state index in [1.165, 1.54) is 32.1 Å². The first-order chi connectivity index (χ1) is 9.88. The fourth-order valence-corrected chi connectivity index (χ4v) is 2.79. The van der Waals surface area contributed by atoms with Crippen molar-refractivity contribution < 1.29 is 14.2 Å². The van der Waals surface area contributed by atoms with Gasteiger partial charge >= 0.3 is 0 Å². The standard InChI is InChI=1S/C16H33NO3/c1-3-9-17-16(15-7-4-5-8-15)14-20-13-12-19-11-6-10-18-2/h15-17H,3-14H2,1-2H3. The van der Waals surface area contributed by atoms with Gasteiger partial charge in [-0.15, -0.1) is 0 Å². The van der Waals surface area contributed by atoms with Crippen molar-refractivity contribution in [2.75, 3.05) is 46.7 Å². The molecule has 1 fully saturated rings. The number of ether oxygens (including phenoxy) is 3. The molecule has 1 atom stereocenters. The summed E-state index contributed by atoms with van der Waals surface area (Å²) in [6, 6.07) is 0.533. The van der Waals surface area contributed by atoms with Crippen LogP contribution in [0.3, 0.4) is 0 Å². The lowest BCUT2D eigenvalue weighted by atomic mass is 9.99. The van der Waals surface area contributed by atoms with Crippen LogP contribution in [-0.4, -0.2) is 52.7 Å². The Morgan fingerprint density at radius 1 is 1.05 bits per heavy atom. The Morgan fingerprint density at radius 2 is 1.80 bits per heavy atom. The summed E-state index contributed by atoms with van der Waals surface area (Å²) in [5, 5.41) is 3.65. The highest BCUT2D eigenvalue weighted by molar-refractivity contribution is 4.80. The zero-order valence-corrected chi connectivity index (χ0v) is 13.4. The van der Waals surface area contributed by atoms with Gasteiger partial charge in [0.1, 0.15) is 0 Å². The van der Waals surface area contributed by atoms with E-state index < -0.39 is 0 Å². The van der Waals surface area contributed by atoms with E-state index in [-0.39, 0.29) is 0 Å². The van der Waals surface area contributed by atoms with E-state index in [9.17, 15) is 0 Å². The third kappa shape index (κ3) is 8.20. The highest BCUT2D eigenvalue weighted by Gasteiger charge is 2.24. The summed E-state index contributed by atoms with van der Waals surface area (Å²) in [7, 11) is 1.72. The molecule has 0 spiro atoms. The predicted octanol–water partition coefficient (Wildman–Crippen LogP) is 2.61. The molecule has 1 aliphatic carbocycles. The molecule has 1 saturated carbocycles. The van der Waals surface area contributed by atoms with Gasteiger partial charge < -0.3 is 19.5 Å². The molecular weight excluding hydrogens is 254 g/mol. The molecule has 0 aromatic carbocycles. The molecule has 0 saturated heterocycles. The smallest absolute Gasteiger partial charge is 0.0701 e. The maximum Gasteiger partial charge on any atom is 0.0701 e. The second-order valence-corrected chi connectivity index (χ2v) is 5.64. The van der Waals surface area contributed by atoms with Gasteiger partial charge in [0.15, 0.2) is 0 Å². The Balaban J connectivity index is 2.02. The minimum atomic E-state index is 0.533. The summed E-state index contributed by atoms with van der Waals surface area (Å²) in [6.45, 7) is 7.05. The minimum Gasteiger partial charge on any atom is -0.385 e. The molecule has 0 amide bonds. The quantitative estimate of drug-likeness (QED) is 0.529. The van der Waals surface area contributed by atoms with Crippen LogP contribution in [0.5, 0.6) is 0 Å². The van der Waals surface area contributed by atoms with Crippen molar-refractivity contribution in [3.8, 4) is 0 Å². The average Bonchev–Trinajstić information content (AvgIpc) is 2.99. The third-order valence-electron chi connectivity index (χ3n) is 3.93. The van der Waals surface area contributed by atoms with Crippen molar-refractivity contribution in [1.82, 2.24) is 5.32 Å². The van der Waals surface area contributed by atoms with Gasteiger partial charge in [0.25, 0.3) is 0 Å². The van der Waals surface area contributed by atoms with Crippen molar-refractivity contribution in [3.05, 3.63) is 0 Å². The molecule has 4 heteroatoms. The first kappa shape index (κ1) is 17.9. The van der Waals surface area contributed by atoms with Crippen molar-refractivity contribution in [2.45, 2.75) is 51.5 Å². The molecule has 120 valence electrons. The average molecular weight is 287 g/mol. The Hall–Kier alpha value is -0.160. The lowest BCUT2D eigenvalue weighted by molar-refractivity contribution is 0.0268. The second kappa shape index (κ2) is 12.6. The Morgan fingerprint density at radius 3 is 2.50 bits per heavy atom. The van der Waals surface area contributed by atoms with Gasteiger partial charge in [-0.25, -0.2) is 0 Å². The van der Waals surface area contributed by atoms with Crippen molar-refractivity contribution in [2.24, 2.45) is 5.92 Å². The van der Waals surface area contributed by atoms with Crippen molar-refractivity contribution in [1.29, 1.82) is 0 Å². The zero-order valence-electron chi connectivity index (χ0n) is 13.4. The van der Waals surface area contributed by atoms with Crippen LogP contribution in [0.25, 0.3) is 0 Å². The lowest BCUT2D eigenvalue weighted by Crippen LogP contribution is -2.39. The van der Waals surface area contributed by atoms with Gasteiger partial charge in [0, 0.05) is 26.4 Å². The summed E-state index contributed by atoms with van der Waals surface area (Å²) in [6.07, 6.45) is 7.64. The Bertz CT molecular complexity index is 208. The normalized spacial score (nSPS) is 17.7. The molecule has 1 unspecified atom stereocenters. The molecule has 4 nitrogen and oxygen atoms in total. The maximum absolute atomic E-state index is 5.79. The number of rotatable bonds is 13. The molecule has 1 aliphatic rings. The van der Waals surface area contributed by atoms with E-state index in [1.54, 1.807) is 7.11 Å². The molecule has 1 N–H and O–H groups in total. The van der Waals surface area contributed by atoms with Crippen LogP contribution in [0, 0.1) is 5.92 Å². The maximum atomic E-state index is 5.79. The Labute approximate surface area is 124 Å². The topological polar surface area (TPSA) is 39.7 Å². The van der Waals surface area contributed by atoms with Crippen LogP contribution in [0.4, 0.5) is 0 Å². The van der Waals surface area contributed by atoms with Gasteiger partial charge in [-0.2, -0.15) is 0 Å². The first-order valence-corrected chi connectivity index (χ1v) is 8.26. The molecule has 1 rings (SSSR count). The third-order valence-corrected chi connectivity index (χ3v) is 3.93. The molecule has 20 heavy (non-hydrogen) atoms. The SMILES string of the molecule is CCCNC(COCCOCCCOC)C1CCCC1. The lowest BCUT2D eigenvalue weighted by Gasteiger charge is -2.24. The molecular formula is C16H33NO3.